The number of carbonyl (C=O) groups excluding carboxylic acids is 2. The highest BCUT2D eigenvalue weighted by atomic mass is 16.5. The predicted molar refractivity (Wildman–Crippen MR) is 135 cm³/mol. The van der Waals surface area contributed by atoms with Crippen LogP contribution in [0.3, 0.4) is 0 Å². The average Bonchev–Trinajstić information content (AvgIpc) is 3.22. The van der Waals surface area contributed by atoms with Gasteiger partial charge in [0.1, 0.15) is 5.70 Å². The molecule has 1 fully saturated rings. The summed E-state index contributed by atoms with van der Waals surface area (Å²) in [6.45, 7) is 1.34. The fourth-order valence-corrected chi connectivity index (χ4v) is 4.47. The smallest absolute Gasteiger partial charge is 0.270 e. The van der Waals surface area contributed by atoms with E-state index in [9.17, 15) is 9.59 Å². The minimum Gasteiger partial charge on any atom is -0.493 e. The van der Waals surface area contributed by atoms with Gasteiger partial charge in [-0.2, -0.15) is 0 Å². The maximum absolute atomic E-state index is 13.5. The number of hydrogen-bond acceptors (Lipinski definition) is 5. The molecule has 0 unspecified atom stereocenters. The van der Waals surface area contributed by atoms with Crippen LogP contribution in [0.2, 0.25) is 0 Å². The average molecular weight is 478 g/mol. The van der Waals surface area contributed by atoms with Gasteiger partial charge in [-0.25, -0.2) is 0 Å². The van der Waals surface area contributed by atoms with E-state index in [1.54, 1.807) is 23.1 Å². The zero-order valence-electron chi connectivity index (χ0n) is 20.6. The molecule has 2 heterocycles. The van der Waals surface area contributed by atoms with Gasteiger partial charge in [-0.15, -0.1) is 0 Å². The van der Waals surface area contributed by atoms with Crippen LogP contribution in [-0.2, 0) is 11.8 Å². The Morgan fingerprint density at radius 1 is 0.943 bits per heavy atom. The normalized spacial score (nSPS) is 14.1. The van der Waals surface area contributed by atoms with Crippen molar-refractivity contribution < 1.29 is 23.8 Å². The van der Waals surface area contributed by atoms with Crippen molar-refractivity contribution in [2.75, 3.05) is 34.4 Å². The van der Waals surface area contributed by atoms with Crippen molar-refractivity contribution in [1.82, 2.24) is 14.8 Å². The fourth-order valence-electron chi connectivity index (χ4n) is 4.47. The number of amides is 2. The number of likely N-dealkylation sites (tertiary alicyclic amines) is 1. The molecule has 3 aromatic rings. The van der Waals surface area contributed by atoms with Gasteiger partial charge in [0.2, 0.25) is 5.75 Å². The first-order chi connectivity index (χ1) is 17.0. The first kappa shape index (κ1) is 24.2. The summed E-state index contributed by atoms with van der Waals surface area (Å²) in [5.41, 5.74) is 2.41. The molecule has 4 rings (SSSR count). The number of methoxy groups -OCH3 is 3. The fraction of sp³-hybridized carbons (Fsp3) is 0.333. The van der Waals surface area contributed by atoms with Crippen LogP contribution >= 0.6 is 0 Å². The number of nitrogens with one attached hydrogen (secondary N) is 1. The molecule has 1 aliphatic rings. The van der Waals surface area contributed by atoms with Gasteiger partial charge in [-0.1, -0.05) is 18.2 Å². The molecular formula is C27H31N3O5. The number of piperidine rings is 1. The Labute approximate surface area is 205 Å². The molecule has 1 aromatic heterocycles. The van der Waals surface area contributed by atoms with E-state index in [4.69, 9.17) is 14.2 Å². The second-order valence-electron chi connectivity index (χ2n) is 8.49. The summed E-state index contributed by atoms with van der Waals surface area (Å²) in [6.07, 6.45) is 6.72. The van der Waals surface area contributed by atoms with E-state index in [2.05, 4.69) is 5.32 Å². The van der Waals surface area contributed by atoms with Gasteiger partial charge in [0.15, 0.2) is 11.5 Å². The van der Waals surface area contributed by atoms with Gasteiger partial charge in [-0.3, -0.25) is 9.59 Å². The molecule has 8 nitrogen and oxygen atoms in total. The Balaban J connectivity index is 1.74. The lowest BCUT2D eigenvalue weighted by atomic mass is 10.1. The predicted octanol–water partition coefficient (Wildman–Crippen LogP) is 3.99. The molecular weight excluding hydrogens is 446 g/mol. The van der Waals surface area contributed by atoms with E-state index < -0.39 is 5.91 Å². The Hall–Kier alpha value is -3.94. The lowest BCUT2D eigenvalue weighted by molar-refractivity contribution is -0.128. The monoisotopic (exact) mass is 477 g/mol. The summed E-state index contributed by atoms with van der Waals surface area (Å²) in [6, 6.07) is 11.1. The molecule has 2 aromatic carbocycles. The number of benzene rings is 2. The summed E-state index contributed by atoms with van der Waals surface area (Å²) in [4.78, 5) is 28.7. The highest BCUT2D eigenvalue weighted by Crippen LogP contribution is 2.38. The molecule has 1 saturated heterocycles. The highest BCUT2D eigenvalue weighted by Gasteiger charge is 2.24. The molecule has 0 spiro atoms. The zero-order chi connectivity index (χ0) is 24.9. The quantitative estimate of drug-likeness (QED) is 0.521. The number of nitrogens with zero attached hydrogens (tertiary/aromatic N) is 2. The highest BCUT2D eigenvalue weighted by molar-refractivity contribution is 6.07. The van der Waals surface area contributed by atoms with Crippen LogP contribution in [0.15, 0.2) is 48.3 Å². The van der Waals surface area contributed by atoms with Crippen molar-refractivity contribution in [3.63, 3.8) is 0 Å². The van der Waals surface area contributed by atoms with E-state index in [-0.39, 0.29) is 17.2 Å². The van der Waals surface area contributed by atoms with E-state index in [1.165, 1.54) is 21.3 Å². The van der Waals surface area contributed by atoms with Crippen LogP contribution in [0.25, 0.3) is 17.0 Å². The summed E-state index contributed by atoms with van der Waals surface area (Å²) in [5, 5.41) is 3.86. The van der Waals surface area contributed by atoms with E-state index in [0.717, 1.165) is 35.7 Å². The Morgan fingerprint density at radius 3 is 2.23 bits per heavy atom. The second-order valence-corrected chi connectivity index (χ2v) is 8.49. The van der Waals surface area contributed by atoms with Gasteiger partial charge in [-0.05, 0) is 43.5 Å². The number of carbonyl (C=O) groups is 2. The van der Waals surface area contributed by atoms with Crippen LogP contribution in [-0.4, -0.2) is 55.7 Å². The zero-order valence-corrected chi connectivity index (χ0v) is 20.6. The standard InChI is InChI=1S/C27H31N3O5/c1-29-17-19(20-10-6-7-11-22(20)29)14-21(27(32)30-12-8-5-9-13-30)28-26(31)18-15-23(33-2)25(35-4)24(16-18)34-3/h6-7,10-11,14-17H,5,8-9,12-13H2,1-4H3,(H,28,31)/b21-14-. The number of ether oxygens (including phenoxy) is 3. The Kier molecular flexibility index (Phi) is 7.29. The van der Waals surface area contributed by atoms with Crippen LogP contribution in [0, 0.1) is 0 Å². The summed E-state index contributed by atoms with van der Waals surface area (Å²) < 4.78 is 18.1. The molecule has 184 valence electrons. The molecule has 0 radical (unpaired) electrons. The first-order valence-electron chi connectivity index (χ1n) is 11.6. The van der Waals surface area contributed by atoms with Gasteiger partial charge >= 0.3 is 0 Å². The van der Waals surface area contributed by atoms with Gasteiger partial charge in [0.25, 0.3) is 11.8 Å². The van der Waals surface area contributed by atoms with Crippen molar-refractivity contribution in [2.24, 2.45) is 7.05 Å². The third-order valence-electron chi connectivity index (χ3n) is 6.28. The number of para-hydroxylation sites is 1. The van der Waals surface area contributed by atoms with E-state index >= 15 is 0 Å². The summed E-state index contributed by atoms with van der Waals surface area (Å²) in [7, 11) is 6.44. The summed E-state index contributed by atoms with van der Waals surface area (Å²) in [5.74, 6) is 0.472. The maximum Gasteiger partial charge on any atom is 0.270 e. The minimum absolute atomic E-state index is 0.196. The lowest BCUT2D eigenvalue weighted by Gasteiger charge is -2.27. The van der Waals surface area contributed by atoms with E-state index in [1.807, 2.05) is 42.1 Å². The Morgan fingerprint density at radius 2 is 1.60 bits per heavy atom. The number of aromatic nitrogens is 1. The first-order valence-corrected chi connectivity index (χ1v) is 11.6. The third-order valence-corrected chi connectivity index (χ3v) is 6.28. The number of aryl methyl sites for hydroxylation is 1. The molecule has 1 aliphatic heterocycles. The van der Waals surface area contributed by atoms with Gasteiger partial charge < -0.3 is 29.0 Å². The number of fused-ring (bicyclic) bond motifs is 1. The summed E-state index contributed by atoms with van der Waals surface area (Å²) >= 11 is 0. The van der Waals surface area contributed by atoms with Crippen LogP contribution < -0.4 is 19.5 Å². The molecule has 0 bridgehead atoms. The van der Waals surface area contributed by atoms with Crippen LogP contribution in [0.5, 0.6) is 17.2 Å². The van der Waals surface area contributed by atoms with Crippen molar-refractivity contribution in [3.05, 3.63) is 59.4 Å². The molecule has 0 aliphatic carbocycles. The third kappa shape index (κ3) is 4.96. The largest absolute Gasteiger partial charge is 0.493 e. The van der Waals surface area contributed by atoms with Gasteiger partial charge in [0.05, 0.1) is 21.3 Å². The number of rotatable bonds is 7. The molecule has 1 N–H and O–H groups in total. The molecule has 0 saturated carbocycles. The minimum atomic E-state index is -0.443. The maximum atomic E-state index is 13.5. The second kappa shape index (κ2) is 10.5. The molecule has 0 atom stereocenters. The number of hydrogen-bond donors (Lipinski definition) is 1. The van der Waals surface area contributed by atoms with Gasteiger partial charge in [0, 0.05) is 48.4 Å². The molecule has 8 heteroatoms. The van der Waals surface area contributed by atoms with Crippen molar-refractivity contribution >= 4 is 28.8 Å². The SMILES string of the molecule is COc1cc(C(=O)N/C(=C\c2cn(C)c3ccccc23)C(=O)N2CCCCC2)cc(OC)c1OC. The van der Waals surface area contributed by atoms with Crippen molar-refractivity contribution in [1.29, 1.82) is 0 Å². The molecule has 2 amide bonds. The van der Waals surface area contributed by atoms with Crippen LogP contribution in [0.4, 0.5) is 0 Å². The lowest BCUT2D eigenvalue weighted by Crippen LogP contribution is -2.41. The van der Waals surface area contributed by atoms with E-state index in [0.29, 0.717) is 30.3 Å². The Bertz CT molecular complexity index is 1250. The van der Waals surface area contributed by atoms with Crippen LogP contribution in [0.1, 0.15) is 35.2 Å². The topological polar surface area (TPSA) is 82.0 Å². The van der Waals surface area contributed by atoms with Crippen molar-refractivity contribution in [2.45, 2.75) is 19.3 Å². The molecule has 35 heavy (non-hydrogen) atoms. The van der Waals surface area contributed by atoms with Crippen molar-refractivity contribution in [3.8, 4) is 17.2 Å².